The van der Waals surface area contributed by atoms with Crippen molar-refractivity contribution in [1.29, 1.82) is 0 Å². The first kappa shape index (κ1) is 20.0. The summed E-state index contributed by atoms with van der Waals surface area (Å²) in [5.41, 5.74) is 0.269. The zero-order valence-electron chi connectivity index (χ0n) is 15.1. The van der Waals surface area contributed by atoms with Gasteiger partial charge in [0.25, 0.3) is 0 Å². The number of hydrogen-bond acceptors (Lipinski definition) is 2. The van der Waals surface area contributed by atoms with Crippen LogP contribution in [-0.2, 0) is 17.5 Å². The van der Waals surface area contributed by atoms with Gasteiger partial charge in [-0.25, -0.2) is 0 Å². The highest BCUT2D eigenvalue weighted by atomic mass is 19.4. The van der Waals surface area contributed by atoms with E-state index >= 15 is 0 Å². The minimum Gasteiger partial charge on any atom is -0.309 e. The topological polar surface area (TPSA) is 23.6 Å². The molecule has 2 rings (SSSR count). The first-order valence-electron chi connectivity index (χ1n) is 8.41. The Hall–Kier alpha value is -2.34. The van der Waals surface area contributed by atoms with Gasteiger partial charge in [0.1, 0.15) is 0 Å². The van der Waals surface area contributed by atoms with Crippen molar-refractivity contribution in [2.24, 2.45) is 0 Å². The van der Waals surface area contributed by atoms with Crippen LogP contribution in [0.2, 0.25) is 0 Å². The first-order valence-corrected chi connectivity index (χ1v) is 8.41. The van der Waals surface area contributed by atoms with Gasteiger partial charge >= 0.3 is 6.18 Å². The third-order valence-electron chi connectivity index (χ3n) is 3.99. The van der Waals surface area contributed by atoms with Crippen LogP contribution >= 0.6 is 0 Å². The van der Waals surface area contributed by atoms with E-state index in [0.29, 0.717) is 0 Å². The summed E-state index contributed by atoms with van der Waals surface area (Å²) in [4.78, 5) is 16.0. The van der Waals surface area contributed by atoms with Crippen molar-refractivity contribution in [2.45, 2.75) is 32.6 Å². The first-order chi connectivity index (χ1) is 12.2. The number of halogens is 3. The largest absolute Gasteiger partial charge is 0.416 e. The molecule has 0 aliphatic heterocycles. The molecule has 2 aromatic carbocycles. The molecule has 0 heterocycles. The number of benzene rings is 2. The molecule has 0 radical (unpaired) electrons. The van der Waals surface area contributed by atoms with Gasteiger partial charge in [0.2, 0.25) is 5.91 Å². The summed E-state index contributed by atoms with van der Waals surface area (Å²) in [5, 5.41) is 0. The molecule has 0 bridgehead atoms. The van der Waals surface area contributed by atoms with E-state index in [4.69, 9.17) is 0 Å². The van der Waals surface area contributed by atoms with Crippen LogP contribution in [0, 0.1) is 0 Å². The van der Waals surface area contributed by atoms with Crippen molar-refractivity contribution in [3.8, 4) is 0 Å². The maximum Gasteiger partial charge on any atom is 0.416 e. The Labute approximate surface area is 152 Å². The van der Waals surface area contributed by atoms with E-state index in [-0.39, 0.29) is 30.6 Å². The average Bonchev–Trinajstić information content (AvgIpc) is 2.55. The molecule has 0 fully saturated rings. The number of alkyl halides is 3. The van der Waals surface area contributed by atoms with Gasteiger partial charge in [-0.3, -0.25) is 9.69 Å². The van der Waals surface area contributed by atoms with Crippen molar-refractivity contribution >= 4 is 11.6 Å². The lowest BCUT2D eigenvalue weighted by atomic mass is 10.1. The fourth-order valence-corrected chi connectivity index (χ4v) is 2.91. The number of nitrogens with zero attached hydrogens (tertiary/aromatic N) is 2. The lowest BCUT2D eigenvalue weighted by Gasteiger charge is -2.29. The van der Waals surface area contributed by atoms with Crippen LogP contribution in [0.25, 0.3) is 0 Å². The van der Waals surface area contributed by atoms with E-state index in [1.165, 1.54) is 12.1 Å². The minimum absolute atomic E-state index is 0.0270. The molecule has 0 aliphatic carbocycles. The van der Waals surface area contributed by atoms with E-state index in [0.717, 1.165) is 11.8 Å². The summed E-state index contributed by atoms with van der Waals surface area (Å²) >= 11 is 0. The van der Waals surface area contributed by atoms with E-state index in [2.05, 4.69) is 0 Å². The van der Waals surface area contributed by atoms with Gasteiger partial charge in [-0.05, 0) is 44.7 Å². The third-order valence-corrected chi connectivity index (χ3v) is 3.99. The van der Waals surface area contributed by atoms with Gasteiger partial charge in [-0.15, -0.1) is 0 Å². The Morgan fingerprint density at radius 3 is 2.15 bits per heavy atom. The van der Waals surface area contributed by atoms with Crippen LogP contribution in [-0.4, -0.2) is 30.4 Å². The number of amides is 1. The molecule has 0 spiro atoms. The molecule has 0 N–H and O–H groups in total. The molecule has 0 atom stereocenters. The Balaban J connectivity index is 2.12. The monoisotopic (exact) mass is 364 g/mol. The number of anilines is 1. The molecule has 1 amide bonds. The Bertz CT molecular complexity index is 729. The van der Waals surface area contributed by atoms with Crippen molar-refractivity contribution in [3.05, 3.63) is 65.7 Å². The molecule has 0 aromatic heterocycles. The molecule has 3 nitrogen and oxygen atoms in total. The maximum absolute atomic E-state index is 13.1. The normalized spacial score (nSPS) is 11.8. The van der Waals surface area contributed by atoms with Crippen molar-refractivity contribution in [1.82, 2.24) is 4.90 Å². The molecule has 0 saturated carbocycles. The number of rotatable bonds is 6. The minimum atomic E-state index is -4.41. The number of carbonyl (C=O) groups excluding carboxylic acids is 1. The van der Waals surface area contributed by atoms with Crippen LogP contribution in [0.5, 0.6) is 0 Å². The zero-order chi connectivity index (χ0) is 19.3. The van der Waals surface area contributed by atoms with Crippen LogP contribution in [0.4, 0.5) is 18.9 Å². The van der Waals surface area contributed by atoms with Gasteiger partial charge in [0, 0.05) is 18.3 Å². The van der Waals surface area contributed by atoms with Crippen LogP contribution in [0.15, 0.2) is 54.6 Å². The molecule has 140 valence electrons. The SMILES string of the molecule is CC(C)N(C(=O)CN(C)Cc1ccccc1C(F)(F)F)c1ccccc1. The molecule has 2 aromatic rings. The molecule has 0 unspecified atom stereocenters. The zero-order valence-corrected chi connectivity index (χ0v) is 15.1. The second kappa shape index (κ2) is 8.36. The van der Waals surface area contributed by atoms with Gasteiger partial charge in [-0.1, -0.05) is 36.4 Å². The quantitative estimate of drug-likeness (QED) is 0.749. The maximum atomic E-state index is 13.1. The van der Waals surface area contributed by atoms with Gasteiger partial charge in [0.05, 0.1) is 12.1 Å². The number of hydrogen-bond donors (Lipinski definition) is 0. The summed E-state index contributed by atoms with van der Waals surface area (Å²) in [7, 11) is 1.65. The Morgan fingerprint density at radius 2 is 1.58 bits per heavy atom. The van der Waals surface area contributed by atoms with E-state index in [1.54, 1.807) is 22.9 Å². The summed E-state index contributed by atoms with van der Waals surface area (Å²) in [6, 6.07) is 14.7. The Kier molecular flexibility index (Phi) is 6.42. The Morgan fingerprint density at radius 1 is 1.00 bits per heavy atom. The number of likely N-dealkylation sites (N-methyl/N-ethyl adjacent to an activating group) is 1. The summed E-state index contributed by atoms with van der Waals surface area (Å²) in [6.07, 6.45) is -4.41. The summed E-state index contributed by atoms with van der Waals surface area (Å²) < 4.78 is 39.4. The van der Waals surface area contributed by atoms with Crippen LogP contribution in [0.3, 0.4) is 0 Å². The van der Waals surface area contributed by atoms with Crippen molar-refractivity contribution in [2.75, 3.05) is 18.5 Å². The van der Waals surface area contributed by atoms with Gasteiger partial charge in [-0.2, -0.15) is 13.2 Å². The van der Waals surface area contributed by atoms with Crippen molar-refractivity contribution < 1.29 is 18.0 Å². The third kappa shape index (κ3) is 5.08. The summed E-state index contributed by atoms with van der Waals surface area (Å²) in [6.45, 7) is 3.88. The smallest absolute Gasteiger partial charge is 0.309 e. The predicted octanol–water partition coefficient (Wildman–Crippen LogP) is 4.58. The van der Waals surface area contributed by atoms with Crippen molar-refractivity contribution in [3.63, 3.8) is 0 Å². The molecule has 0 aliphatic rings. The molecule has 6 heteroatoms. The molecular formula is C20H23F3N2O. The highest BCUT2D eigenvalue weighted by Gasteiger charge is 2.33. The fourth-order valence-electron chi connectivity index (χ4n) is 2.91. The highest BCUT2D eigenvalue weighted by molar-refractivity contribution is 5.95. The second-order valence-corrected chi connectivity index (χ2v) is 6.52. The predicted molar refractivity (Wildman–Crippen MR) is 96.8 cm³/mol. The lowest BCUT2D eigenvalue weighted by Crippen LogP contribution is -2.43. The van der Waals surface area contributed by atoms with E-state index < -0.39 is 11.7 Å². The average molecular weight is 364 g/mol. The molecule has 0 saturated heterocycles. The van der Waals surface area contributed by atoms with E-state index in [1.807, 2.05) is 44.2 Å². The number of carbonyl (C=O) groups is 1. The molecule has 26 heavy (non-hydrogen) atoms. The molecular weight excluding hydrogens is 341 g/mol. The van der Waals surface area contributed by atoms with Crippen LogP contribution < -0.4 is 4.90 Å². The van der Waals surface area contributed by atoms with E-state index in [9.17, 15) is 18.0 Å². The summed E-state index contributed by atoms with van der Waals surface area (Å²) in [5.74, 6) is -0.154. The van der Waals surface area contributed by atoms with Gasteiger partial charge < -0.3 is 4.90 Å². The standard InChI is InChI=1S/C20H23F3N2O/c1-15(2)25(17-10-5-4-6-11-17)19(26)14-24(3)13-16-9-7-8-12-18(16)20(21,22)23/h4-12,15H,13-14H2,1-3H3. The van der Waals surface area contributed by atoms with Crippen LogP contribution in [0.1, 0.15) is 25.0 Å². The van der Waals surface area contributed by atoms with Gasteiger partial charge in [0.15, 0.2) is 0 Å². The number of para-hydroxylation sites is 1. The second-order valence-electron chi connectivity index (χ2n) is 6.52. The fraction of sp³-hybridized carbons (Fsp3) is 0.350. The lowest BCUT2D eigenvalue weighted by molar-refractivity contribution is -0.138. The highest BCUT2D eigenvalue weighted by Crippen LogP contribution is 2.32.